The molecule has 210 valence electrons. The van der Waals surface area contributed by atoms with Gasteiger partial charge in [0.05, 0.1) is 6.26 Å². The number of piperidine rings is 1. The van der Waals surface area contributed by atoms with Crippen LogP contribution >= 0.6 is 11.3 Å². The van der Waals surface area contributed by atoms with Crippen molar-refractivity contribution in [2.45, 2.75) is 56.1 Å². The number of nitrogens with zero attached hydrogens (tertiary/aromatic N) is 2. The number of carbonyl (C=O) groups excluding carboxylic acids is 2. The Morgan fingerprint density at radius 1 is 1.15 bits per heavy atom. The van der Waals surface area contributed by atoms with Crippen LogP contribution in [0, 0.1) is 23.5 Å². The molecule has 2 N–H and O–H groups in total. The second kappa shape index (κ2) is 10.3. The lowest BCUT2D eigenvalue weighted by Gasteiger charge is -2.43. The predicted molar refractivity (Wildman–Crippen MR) is 140 cm³/mol. The number of ketones is 1. The molecule has 3 aliphatic rings. The zero-order chi connectivity index (χ0) is 28.1. The van der Waals surface area contributed by atoms with Crippen molar-refractivity contribution in [2.24, 2.45) is 16.2 Å². The third-order valence-corrected chi connectivity index (χ3v) is 10.4. The summed E-state index contributed by atoms with van der Waals surface area (Å²) in [5, 5.41) is 4.44. The van der Waals surface area contributed by atoms with Crippen LogP contribution in [0.15, 0.2) is 32.9 Å². The highest BCUT2D eigenvalue weighted by Gasteiger charge is 2.51. The fraction of sp³-hybridized carbons (Fsp3) is 0.458. The van der Waals surface area contributed by atoms with Gasteiger partial charge in [-0.2, -0.15) is 8.42 Å². The van der Waals surface area contributed by atoms with Crippen molar-refractivity contribution in [1.29, 1.82) is 0 Å². The van der Waals surface area contributed by atoms with Crippen LogP contribution in [-0.2, 0) is 42.7 Å². The van der Waals surface area contributed by atoms with E-state index in [0.29, 0.717) is 18.4 Å². The fourth-order valence-electron chi connectivity index (χ4n) is 5.46. The molecule has 3 heterocycles. The first kappa shape index (κ1) is 27.8. The Morgan fingerprint density at radius 3 is 2.62 bits per heavy atom. The highest BCUT2D eigenvalue weighted by molar-refractivity contribution is 7.91. The molecule has 1 saturated carbocycles. The van der Waals surface area contributed by atoms with Gasteiger partial charge in [-0.3, -0.25) is 9.59 Å². The molecule has 15 heteroatoms. The van der Waals surface area contributed by atoms with E-state index in [0.717, 1.165) is 49.0 Å². The second-order valence-electron chi connectivity index (χ2n) is 9.95. The number of anilines is 1. The molecule has 2 aliphatic heterocycles. The summed E-state index contributed by atoms with van der Waals surface area (Å²) >= 11 is 0.988. The lowest BCUT2D eigenvalue weighted by Crippen LogP contribution is -2.59. The van der Waals surface area contributed by atoms with Crippen LogP contribution in [0.4, 0.5) is 13.8 Å². The summed E-state index contributed by atoms with van der Waals surface area (Å²) in [5.74, 6) is -5.56. The van der Waals surface area contributed by atoms with Gasteiger partial charge in [-0.25, -0.2) is 21.9 Å². The van der Waals surface area contributed by atoms with E-state index in [1.807, 2.05) is 0 Å². The fourth-order valence-corrected chi connectivity index (χ4v) is 8.53. The highest BCUT2D eigenvalue weighted by atomic mass is 32.2. The number of benzene rings is 1. The number of sulfonamides is 2. The molecule has 0 spiro atoms. The van der Waals surface area contributed by atoms with Gasteiger partial charge >= 0.3 is 0 Å². The minimum atomic E-state index is -4.38. The van der Waals surface area contributed by atoms with Gasteiger partial charge in [0.15, 0.2) is 23.3 Å². The summed E-state index contributed by atoms with van der Waals surface area (Å²) in [6.45, 7) is -0.351. The lowest BCUT2D eigenvalue weighted by atomic mass is 9.77. The smallest absolute Gasteiger partial charge is 0.287 e. The van der Waals surface area contributed by atoms with E-state index >= 15 is 0 Å². The number of nitrogens with one attached hydrogen (secondary N) is 2. The van der Waals surface area contributed by atoms with Gasteiger partial charge < -0.3 is 10.2 Å². The number of amidine groups is 1. The number of likely N-dealkylation sites (tertiary alicyclic amines) is 1. The molecule has 0 radical (unpaired) electrons. The monoisotopic (exact) mass is 600 g/mol. The van der Waals surface area contributed by atoms with Gasteiger partial charge in [-0.15, -0.1) is 15.7 Å². The number of hydrogen-bond acceptors (Lipinski definition) is 8. The molecule has 2 fully saturated rings. The van der Waals surface area contributed by atoms with Crippen molar-refractivity contribution < 1.29 is 35.2 Å². The number of amides is 1. The van der Waals surface area contributed by atoms with E-state index in [-0.39, 0.29) is 34.4 Å². The molecule has 3 atom stereocenters. The van der Waals surface area contributed by atoms with E-state index in [1.165, 1.54) is 16.3 Å². The minimum absolute atomic E-state index is 0.0768. The second-order valence-corrected chi connectivity index (χ2v) is 14.2. The van der Waals surface area contributed by atoms with Crippen LogP contribution in [0.2, 0.25) is 0 Å². The third kappa shape index (κ3) is 5.49. The highest BCUT2D eigenvalue weighted by Crippen LogP contribution is 2.41. The lowest BCUT2D eigenvalue weighted by molar-refractivity contribution is -0.151. The average molecular weight is 601 g/mol. The van der Waals surface area contributed by atoms with Gasteiger partial charge in [-0.05, 0) is 35.9 Å². The molecule has 1 aromatic heterocycles. The van der Waals surface area contributed by atoms with Crippen LogP contribution in [0.3, 0.4) is 0 Å². The van der Waals surface area contributed by atoms with Crippen molar-refractivity contribution in [3.05, 3.63) is 46.3 Å². The van der Waals surface area contributed by atoms with Crippen molar-refractivity contribution in [2.75, 3.05) is 11.6 Å². The molecule has 1 aliphatic carbocycles. The Kier molecular flexibility index (Phi) is 7.37. The van der Waals surface area contributed by atoms with E-state index in [1.54, 1.807) is 0 Å². The Morgan fingerprint density at radius 2 is 1.90 bits per heavy atom. The summed E-state index contributed by atoms with van der Waals surface area (Å²) in [6, 6.07) is 2.89. The largest absolute Gasteiger partial charge is 0.334 e. The molecule has 39 heavy (non-hydrogen) atoms. The predicted octanol–water partition coefficient (Wildman–Crippen LogP) is 2.76. The number of Topliss-reactive ketones (excluding diaryl/α,β-unsaturated/α-hetero) is 1. The Hall–Kier alpha value is -2.75. The average Bonchev–Trinajstić information content (AvgIpc) is 3.11. The Bertz CT molecular complexity index is 1590. The quantitative estimate of drug-likeness (QED) is 0.486. The number of hydrogen-bond donors (Lipinski definition) is 2. The maximum absolute atomic E-state index is 13.9. The Balaban J connectivity index is 1.50. The van der Waals surface area contributed by atoms with Crippen molar-refractivity contribution >= 4 is 53.9 Å². The zero-order valence-corrected chi connectivity index (χ0v) is 23.3. The molecular formula is C24H26F2N4O6S3. The maximum Gasteiger partial charge on any atom is 0.287 e. The molecule has 1 saturated heterocycles. The molecule has 10 nitrogen and oxygen atoms in total. The Labute approximate surface area is 228 Å². The van der Waals surface area contributed by atoms with Crippen LogP contribution in [0.1, 0.15) is 43.2 Å². The van der Waals surface area contributed by atoms with Gasteiger partial charge in [0, 0.05) is 30.6 Å². The molecule has 2 aromatic rings. The molecule has 1 aromatic carbocycles. The number of fused-ring (bicyclic) bond motifs is 2. The molecular weight excluding hydrogens is 574 g/mol. The third-order valence-electron chi connectivity index (χ3n) is 7.23. The van der Waals surface area contributed by atoms with E-state index < -0.39 is 61.2 Å². The molecule has 1 unspecified atom stereocenters. The maximum atomic E-state index is 13.9. The summed E-state index contributed by atoms with van der Waals surface area (Å²) < 4.78 is 83.0. The number of carbonyl (C=O) groups is 2. The van der Waals surface area contributed by atoms with Crippen LogP contribution in [0.5, 0.6) is 0 Å². The summed E-state index contributed by atoms with van der Waals surface area (Å²) in [7, 11) is -7.97. The van der Waals surface area contributed by atoms with Crippen LogP contribution in [-0.4, -0.2) is 51.6 Å². The van der Waals surface area contributed by atoms with Gasteiger partial charge in [-0.1, -0.05) is 25.3 Å². The summed E-state index contributed by atoms with van der Waals surface area (Å²) in [4.78, 5) is 28.8. The summed E-state index contributed by atoms with van der Waals surface area (Å²) in [6.07, 6.45) is 4.43. The number of rotatable bonds is 6. The summed E-state index contributed by atoms with van der Waals surface area (Å²) in [5.41, 5.74) is 0.522. The van der Waals surface area contributed by atoms with Crippen molar-refractivity contribution in [3.8, 4) is 0 Å². The molecule has 5 rings (SSSR count). The zero-order valence-electron chi connectivity index (χ0n) is 20.8. The van der Waals surface area contributed by atoms with Gasteiger partial charge in [0.2, 0.25) is 15.9 Å². The van der Waals surface area contributed by atoms with Gasteiger partial charge in [0.1, 0.15) is 15.7 Å². The number of thiophene rings is 1. The van der Waals surface area contributed by atoms with Crippen LogP contribution in [0.25, 0.3) is 0 Å². The van der Waals surface area contributed by atoms with Gasteiger partial charge in [0.25, 0.3) is 10.0 Å². The standard InChI is InChI=1S/C24H26F2N4O6S3/c1-38(33,34)27-10-14-12-37-23-21(14)39(35,36)29-22(28-23)19-20(31)15-5-3-2-4-6-18(15)30(24(19)32)11-13-7-8-16(25)17(26)9-13/h7-9,12,15,18-19,27H,2-6,10-11H2,1H3,(H,28,29)/t15-,18+,19?/m1/s1. The van der Waals surface area contributed by atoms with Crippen molar-refractivity contribution in [3.63, 3.8) is 0 Å². The SMILES string of the molecule is CS(=O)(=O)NCc1csc2c1S(=O)(=O)N=C(C1C(=O)[C@@H]3CCCCC[C@@H]3N(Cc3ccc(F)c(F)c3)C1=O)N2. The minimum Gasteiger partial charge on any atom is -0.334 e. The van der Waals surface area contributed by atoms with E-state index in [9.17, 15) is 35.2 Å². The van der Waals surface area contributed by atoms with E-state index in [2.05, 4.69) is 14.4 Å². The topological polar surface area (TPSA) is 142 Å². The first-order chi connectivity index (χ1) is 18.4. The molecule has 1 amide bonds. The first-order valence-electron chi connectivity index (χ1n) is 12.3. The van der Waals surface area contributed by atoms with Crippen molar-refractivity contribution in [1.82, 2.24) is 9.62 Å². The number of halogens is 2. The van der Waals surface area contributed by atoms with Crippen LogP contribution < -0.4 is 10.0 Å². The normalized spacial score (nSPS) is 24.8. The molecule has 0 bridgehead atoms. The first-order valence-corrected chi connectivity index (χ1v) is 16.5. The van der Waals surface area contributed by atoms with E-state index in [4.69, 9.17) is 0 Å².